The Kier molecular flexibility index (Phi) is 7.23. The van der Waals surface area contributed by atoms with Crippen LogP contribution in [-0.2, 0) is 16.2 Å². The third-order valence-electron chi connectivity index (χ3n) is 4.94. The standard InChI is InChI=1S/C19H16F3N3O4S2.CH2O3/c1-9-6-10(18(23)26)2-3-11(9)12-7-13(12)25-31(27,28)17-5-4-15(30-17)14-8-16(29-24-14)19(20,21)22;2-1(3)4/h2-6,8,12-13,25H,7H2,1H3,(H2,23,26);(H2,2,3,4)/t12-,13+;/m0./s1. The first-order chi connectivity index (χ1) is 16.2. The molecule has 0 aliphatic heterocycles. The van der Waals surface area contributed by atoms with Crippen molar-refractivity contribution < 1.29 is 45.9 Å². The monoisotopic (exact) mass is 533 g/mol. The van der Waals surface area contributed by atoms with Crippen LogP contribution in [0.15, 0.2) is 45.1 Å². The molecular formula is C20H18F3N3O7S2. The van der Waals surface area contributed by atoms with Crippen LogP contribution >= 0.6 is 11.3 Å². The minimum Gasteiger partial charge on any atom is -0.450 e. The maximum absolute atomic E-state index is 12.7. The van der Waals surface area contributed by atoms with Gasteiger partial charge in [-0.1, -0.05) is 11.2 Å². The van der Waals surface area contributed by atoms with Gasteiger partial charge < -0.3 is 20.5 Å². The van der Waals surface area contributed by atoms with E-state index in [1.165, 1.54) is 12.1 Å². The molecule has 15 heteroatoms. The van der Waals surface area contributed by atoms with Gasteiger partial charge in [0, 0.05) is 23.6 Å². The summed E-state index contributed by atoms with van der Waals surface area (Å²) in [5.41, 5.74) is 7.33. The molecule has 1 aliphatic rings. The van der Waals surface area contributed by atoms with Gasteiger partial charge in [-0.2, -0.15) is 13.2 Å². The highest BCUT2D eigenvalue weighted by atomic mass is 32.2. The van der Waals surface area contributed by atoms with E-state index in [0.29, 0.717) is 12.0 Å². The van der Waals surface area contributed by atoms with Crippen molar-refractivity contribution in [3.63, 3.8) is 0 Å². The molecule has 3 aromatic rings. The summed E-state index contributed by atoms with van der Waals surface area (Å²) in [6, 6.07) is 8.14. The average molecular weight is 534 g/mol. The molecule has 1 aliphatic carbocycles. The number of nitrogens with two attached hydrogens (primary N) is 1. The highest BCUT2D eigenvalue weighted by Gasteiger charge is 2.42. The van der Waals surface area contributed by atoms with Gasteiger partial charge in [-0.05, 0) is 48.7 Å². The summed E-state index contributed by atoms with van der Waals surface area (Å²) in [7, 11) is -3.87. The lowest BCUT2D eigenvalue weighted by Crippen LogP contribution is -2.26. The molecule has 1 amide bonds. The molecule has 0 saturated heterocycles. The van der Waals surface area contributed by atoms with E-state index >= 15 is 0 Å². The van der Waals surface area contributed by atoms with E-state index in [4.69, 9.17) is 20.7 Å². The summed E-state index contributed by atoms with van der Waals surface area (Å²) in [6.07, 6.45) is -5.92. The Labute approximate surface area is 200 Å². The Morgan fingerprint density at radius 3 is 2.40 bits per heavy atom. The van der Waals surface area contributed by atoms with Crippen molar-refractivity contribution in [2.24, 2.45) is 5.73 Å². The van der Waals surface area contributed by atoms with E-state index in [2.05, 4.69) is 14.4 Å². The zero-order valence-electron chi connectivity index (χ0n) is 17.7. The molecule has 35 heavy (non-hydrogen) atoms. The van der Waals surface area contributed by atoms with Crippen molar-refractivity contribution in [3.8, 4) is 10.6 Å². The number of halogens is 3. The molecule has 0 bridgehead atoms. The molecule has 0 spiro atoms. The Bertz CT molecular complexity index is 1360. The van der Waals surface area contributed by atoms with Crippen LogP contribution in [0, 0.1) is 6.92 Å². The SMILES string of the molecule is Cc1cc(C(N)=O)ccc1[C@@H]1C[C@H]1NS(=O)(=O)c1ccc(-c2cc(C(F)(F)F)on2)s1.O=C(O)O. The van der Waals surface area contributed by atoms with Crippen LogP contribution in [-0.4, -0.2) is 41.9 Å². The molecule has 4 rings (SSSR count). The van der Waals surface area contributed by atoms with Gasteiger partial charge in [-0.25, -0.2) is 17.9 Å². The number of nitrogens with zero attached hydrogens (tertiary/aromatic N) is 1. The van der Waals surface area contributed by atoms with E-state index < -0.39 is 34.0 Å². The lowest BCUT2D eigenvalue weighted by atomic mass is 10.0. The summed E-state index contributed by atoms with van der Waals surface area (Å²) < 4.78 is 70.3. The van der Waals surface area contributed by atoms with Crippen molar-refractivity contribution in [2.45, 2.75) is 35.7 Å². The van der Waals surface area contributed by atoms with Gasteiger partial charge in [0.25, 0.3) is 0 Å². The number of nitrogens with one attached hydrogen (secondary N) is 1. The van der Waals surface area contributed by atoms with Crippen molar-refractivity contribution in [1.82, 2.24) is 9.88 Å². The second kappa shape index (κ2) is 9.67. The number of rotatable bonds is 6. The second-order valence-corrected chi connectivity index (χ2v) is 10.5. The maximum atomic E-state index is 12.7. The number of thiophene rings is 1. The van der Waals surface area contributed by atoms with E-state index in [-0.39, 0.29) is 26.7 Å². The minimum atomic E-state index is -4.67. The number of carbonyl (C=O) groups is 2. The third kappa shape index (κ3) is 6.37. The van der Waals surface area contributed by atoms with E-state index in [0.717, 1.165) is 28.5 Å². The van der Waals surface area contributed by atoms with Gasteiger partial charge in [0.2, 0.25) is 21.7 Å². The van der Waals surface area contributed by atoms with E-state index in [1.807, 2.05) is 6.92 Å². The number of hydrogen-bond donors (Lipinski definition) is 4. The fourth-order valence-electron chi connectivity index (χ4n) is 3.30. The normalized spacial score (nSPS) is 17.4. The number of alkyl halides is 3. The van der Waals surface area contributed by atoms with Gasteiger partial charge in [-0.3, -0.25) is 4.79 Å². The first-order valence-corrected chi connectivity index (χ1v) is 12.0. The molecule has 1 saturated carbocycles. The number of aromatic nitrogens is 1. The molecule has 2 aromatic heterocycles. The summed E-state index contributed by atoms with van der Waals surface area (Å²) in [4.78, 5) is 20.1. The number of benzene rings is 1. The first-order valence-electron chi connectivity index (χ1n) is 9.67. The Balaban J connectivity index is 0.000000795. The van der Waals surface area contributed by atoms with E-state index in [9.17, 15) is 26.4 Å². The number of carboxylic acid groups (broad SMARTS) is 2. The highest BCUT2D eigenvalue weighted by molar-refractivity contribution is 7.91. The van der Waals surface area contributed by atoms with Gasteiger partial charge in [0.1, 0.15) is 9.90 Å². The smallest absolute Gasteiger partial charge is 0.450 e. The number of sulfonamides is 1. The number of amides is 1. The van der Waals surface area contributed by atoms with Gasteiger partial charge in [0.15, 0.2) is 0 Å². The minimum absolute atomic E-state index is 0.0366. The summed E-state index contributed by atoms with van der Waals surface area (Å²) in [5, 5.41) is 17.3. The zero-order valence-corrected chi connectivity index (χ0v) is 19.4. The van der Waals surface area contributed by atoms with Crippen LogP contribution < -0.4 is 10.5 Å². The van der Waals surface area contributed by atoms with Crippen molar-refractivity contribution in [3.05, 3.63) is 58.8 Å². The largest absolute Gasteiger partial charge is 0.503 e. The van der Waals surface area contributed by atoms with E-state index in [1.54, 1.807) is 18.2 Å². The van der Waals surface area contributed by atoms with Crippen LogP contribution in [0.25, 0.3) is 10.6 Å². The third-order valence-corrected chi connectivity index (χ3v) is 8.03. The Morgan fingerprint density at radius 2 is 1.86 bits per heavy atom. The first kappa shape index (κ1) is 26.2. The molecular weight excluding hydrogens is 515 g/mol. The highest BCUT2D eigenvalue weighted by Crippen LogP contribution is 2.43. The van der Waals surface area contributed by atoms with Crippen LogP contribution in [0.2, 0.25) is 0 Å². The average Bonchev–Trinajstić information content (AvgIpc) is 3.14. The molecule has 10 nitrogen and oxygen atoms in total. The maximum Gasteiger partial charge on any atom is 0.503 e. The van der Waals surface area contributed by atoms with Gasteiger partial charge >= 0.3 is 12.3 Å². The Hall–Kier alpha value is -3.43. The summed E-state index contributed by atoms with van der Waals surface area (Å²) in [6.45, 7) is 1.82. The van der Waals surface area contributed by atoms with Crippen LogP contribution in [0.5, 0.6) is 0 Å². The molecule has 2 atom stereocenters. The fourth-order valence-corrected chi connectivity index (χ4v) is 5.86. The number of aryl methyl sites for hydroxylation is 1. The van der Waals surface area contributed by atoms with Crippen LogP contribution in [0.1, 0.15) is 39.6 Å². The Morgan fingerprint density at radius 1 is 1.20 bits per heavy atom. The predicted molar refractivity (Wildman–Crippen MR) is 117 cm³/mol. The predicted octanol–water partition coefficient (Wildman–Crippen LogP) is 3.89. The lowest BCUT2D eigenvalue weighted by Gasteiger charge is -2.08. The quantitative estimate of drug-likeness (QED) is 0.369. The molecule has 0 unspecified atom stereocenters. The van der Waals surface area contributed by atoms with Crippen molar-refractivity contribution in [1.29, 1.82) is 0 Å². The van der Waals surface area contributed by atoms with Crippen LogP contribution in [0.3, 0.4) is 0 Å². The molecule has 188 valence electrons. The molecule has 1 aromatic carbocycles. The number of hydrogen-bond acceptors (Lipinski definition) is 7. The fraction of sp³-hybridized carbons (Fsp3) is 0.250. The lowest BCUT2D eigenvalue weighted by molar-refractivity contribution is -0.155. The molecule has 0 radical (unpaired) electrons. The summed E-state index contributed by atoms with van der Waals surface area (Å²) >= 11 is 0.800. The molecule has 1 fully saturated rings. The van der Waals surface area contributed by atoms with Crippen molar-refractivity contribution >= 4 is 33.4 Å². The second-order valence-electron chi connectivity index (χ2n) is 7.48. The van der Waals surface area contributed by atoms with Crippen LogP contribution in [0.4, 0.5) is 18.0 Å². The van der Waals surface area contributed by atoms with Crippen molar-refractivity contribution in [2.75, 3.05) is 0 Å². The number of primary amides is 1. The molecule has 5 N–H and O–H groups in total. The van der Waals surface area contributed by atoms with Gasteiger partial charge in [0.05, 0.1) is 4.88 Å². The number of carbonyl (C=O) groups excluding carboxylic acids is 1. The zero-order chi connectivity index (χ0) is 26.1. The van der Waals surface area contributed by atoms with Gasteiger partial charge in [-0.15, -0.1) is 11.3 Å². The topological polar surface area (TPSA) is 173 Å². The molecule has 2 heterocycles. The summed E-state index contributed by atoms with van der Waals surface area (Å²) in [5.74, 6) is -1.83.